The first kappa shape index (κ1) is 24.0. The number of unbranched alkanes of at least 4 members (excludes halogenated alkanes) is 2. The van der Waals surface area contributed by atoms with Crippen molar-refractivity contribution in [2.45, 2.75) is 32.6 Å². The molecule has 24 heavy (non-hydrogen) atoms. The van der Waals surface area contributed by atoms with Gasteiger partial charge in [-0.1, -0.05) is 19.8 Å². The van der Waals surface area contributed by atoms with Crippen LogP contribution in [0.3, 0.4) is 0 Å². The number of carbonyl (C=O) groups excluding carboxylic acids is 1. The van der Waals surface area contributed by atoms with Crippen LogP contribution in [0.5, 0.6) is 0 Å². The van der Waals surface area contributed by atoms with Crippen LogP contribution in [-0.4, -0.2) is 56.0 Å². The largest absolute Gasteiger partial charge is 0.316 e. The number of carbonyl (C=O) groups is 1. The molecule has 0 aliphatic heterocycles. The third-order valence-electron chi connectivity index (χ3n) is 3.30. The quantitative estimate of drug-likeness (QED) is 0.364. The maximum absolute atomic E-state index is 11.5. The predicted octanol–water partition coefficient (Wildman–Crippen LogP) is 4.40. The molecule has 1 aromatic rings. The van der Waals surface area contributed by atoms with E-state index >= 15 is 0 Å². The van der Waals surface area contributed by atoms with Crippen LogP contribution in [0.4, 0.5) is 0 Å². The Morgan fingerprint density at radius 3 is 2.25 bits per heavy atom. The standard InChI is InChI=1S/C10H15NOS2.C8H19NS/c1-13-7-5-11-4-2-10(12)9-3-6-14-8-9;1-3-4-5-6-9-7-8-10-2/h3,6,8,11H,2,4-5,7H2,1H3;9H,3-8H2,1-2H3. The average molecular weight is 391 g/mol. The molecule has 0 spiro atoms. The van der Waals surface area contributed by atoms with Gasteiger partial charge in [0.2, 0.25) is 0 Å². The molecule has 1 heterocycles. The van der Waals surface area contributed by atoms with Crippen molar-refractivity contribution in [3.8, 4) is 0 Å². The number of nitrogens with one attached hydrogen (secondary N) is 2. The topological polar surface area (TPSA) is 41.1 Å². The number of hydrogen-bond acceptors (Lipinski definition) is 6. The Labute approximate surface area is 161 Å². The summed E-state index contributed by atoms with van der Waals surface area (Å²) in [6, 6.07) is 1.88. The van der Waals surface area contributed by atoms with Gasteiger partial charge in [0.25, 0.3) is 0 Å². The Kier molecular flexibility index (Phi) is 19.3. The van der Waals surface area contributed by atoms with Gasteiger partial charge in [0.1, 0.15) is 0 Å². The van der Waals surface area contributed by atoms with E-state index in [0.29, 0.717) is 6.42 Å². The molecule has 0 saturated heterocycles. The average Bonchev–Trinajstić information content (AvgIpc) is 3.13. The van der Waals surface area contributed by atoms with Gasteiger partial charge in [-0.3, -0.25) is 4.79 Å². The lowest BCUT2D eigenvalue weighted by atomic mass is 10.2. The van der Waals surface area contributed by atoms with Crippen molar-refractivity contribution in [2.75, 3.05) is 50.2 Å². The minimum Gasteiger partial charge on any atom is -0.316 e. The van der Waals surface area contributed by atoms with Gasteiger partial charge >= 0.3 is 0 Å². The molecule has 0 atom stereocenters. The molecule has 0 aliphatic carbocycles. The molecular formula is C18H34N2OS3. The molecule has 0 aromatic carbocycles. The van der Waals surface area contributed by atoms with E-state index in [1.165, 1.54) is 38.1 Å². The second-order valence-electron chi connectivity index (χ2n) is 5.38. The summed E-state index contributed by atoms with van der Waals surface area (Å²) < 4.78 is 0. The van der Waals surface area contributed by atoms with Gasteiger partial charge in [-0.25, -0.2) is 0 Å². The van der Waals surface area contributed by atoms with Gasteiger partial charge in [-0.2, -0.15) is 34.9 Å². The highest BCUT2D eigenvalue weighted by molar-refractivity contribution is 7.98. The van der Waals surface area contributed by atoms with Crippen LogP contribution in [0.1, 0.15) is 43.0 Å². The molecule has 0 bridgehead atoms. The molecule has 0 saturated carbocycles. The summed E-state index contributed by atoms with van der Waals surface area (Å²) in [4.78, 5) is 11.5. The molecule has 0 fully saturated rings. The van der Waals surface area contributed by atoms with Crippen LogP contribution >= 0.6 is 34.9 Å². The molecule has 0 amide bonds. The van der Waals surface area contributed by atoms with Gasteiger partial charge < -0.3 is 10.6 Å². The van der Waals surface area contributed by atoms with Crippen molar-refractivity contribution in [2.24, 2.45) is 0 Å². The number of ketones is 1. The minimum absolute atomic E-state index is 0.239. The monoisotopic (exact) mass is 390 g/mol. The van der Waals surface area contributed by atoms with Crippen LogP contribution < -0.4 is 10.6 Å². The maximum atomic E-state index is 11.5. The third-order valence-corrected chi connectivity index (χ3v) is 5.20. The zero-order chi connectivity index (χ0) is 17.9. The van der Waals surface area contributed by atoms with E-state index in [-0.39, 0.29) is 5.78 Å². The molecule has 0 aliphatic rings. The first-order chi connectivity index (χ1) is 11.8. The third kappa shape index (κ3) is 15.5. The Bertz CT molecular complexity index is 364. The Morgan fingerprint density at radius 2 is 1.71 bits per heavy atom. The summed E-state index contributed by atoms with van der Waals surface area (Å²) in [6.45, 7) is 6.38. The van der Waals surface area contributed by atoms with Crippen molar-refractivity contribution < 1.29 is 4.79 Å². The minimum atomic E-state index is 0.239. The van der Waals surface area contributed by atoms with E-state index < -0.39 is 0 Å². The van der Waals surface area contributed by atoms with Crippen molar-refractivity contribution >= 4 is 40.6 Å². The van der Waals surface area contributed by atoms with E-state index in [0.717, 1.165) is 24.4 Å². The van der Waals surface area contributed by atoms with Crippen molar-refractivity contribution in [1.82, 2.24) is 10.6 Å². The lowest BCUT2D eigenvalue weighted by molar-refractivity contribution is 0.0983. The summed E-state index contributed by atoms with van der Waals surface area (Å²) in [6.07, 6.45) is 8.86. The Balaban J connectivity index is 0.000000470. The molecule has 0 unspecified atom stereocenters. The van der Waals surface area contributed by atoms with E-state index in [9.17, 15) is 4.79 Å². The fraction of sp³-hybridized carbons (Fsp3) is 0.722. The fourth-order valence-electron chi connectivity index (χ4n) is 1.87. The van der Waals surface area contributed by atoms with Crippen LogP contribution in [-0.2, 0) is 0 Å². The molecule has 6 heteroatoms. The summed E-state index contributed by atoms with van der Waals surface area (Å²) >= 11 is 5.29. The zero-order valence-corrected chi connectivity index (χ0v) is 17.9. The van der Waals surface area contributed by atoms with Crippen LogP contribution in [0.15, 0.2) is 16.8 Å². The summed E-state index contributed by atoms with van der Waals surface area (Å²) in [7, 11) is 0. The number of thiophene rings is 1. The van der Waals surface area contributed by atoms with Gasteiger partial charge in [0, 0.05) is 48.5 Å². The number of rotatable bonds is 14. The second-order valence-corrected chi connectivity index (χ2v) is 8.13. The highest BCUT2D eigenvalue weighted by Gasteiger charge is 2.04. The first-order valence-corrected chi connectivity index (χ1v) is 12.4. The normalized spacial score (nSPS) is 10.3. The van der Waals surface area contributed by atoms with E-state index in [1.807, 2.05) is 40.4 Å². The molecule has 2 N–H and O–H groups in total. The summed E-state index contributed by atoms with van der Waals surface area (Å²) in [5, 5.41) is 10.5. The van der Waals surface area contributed by atoms with Gasteiger partial charge in [-0.05, 0) is 36.9 Å². The molecule has 140 valence electrons. The number of hydrogen-bond donors (Lipinski definition) is 2. The molecule has 1 rings (SSSR count). The molecular weight excluding hydrogens is 356 g/mol. The molecule has 3 nitrogen and oxygen atoms in total. The first-order valence-electron chi connectivity index (χ1n) is 8.70. The highest BCUT2D eigenvalue weighted by atomic mass is 32.2. The number of Topliss-reactive ketones (excluding diaryl/α,β-unsaturated/α-hetero) is 1. The van der Waals surface area contributed by atoms with Crippen molar-refractivity contribution in [1.29, 1.82) is 0 Å². The van der Waals surface area contributed by atoms with E-state index in [2.05, 4.69) is 30.1 Å². The van der Waals surface area contributed by atoms with Gasteiger partial charge in [0.15, 0.2) is 5.78 Å². The van der Waals surface area contributed by atoms with Crippen LogP contribution in [0.2, 0.25) is 0 Å². The zero-order valence-electron chi connectivity index (χ0n) is 15.4. The van der Waals surface area contributed by atoms with E-state index in [1.54, 1.807) is 11.3 Å². The van der Waals surface area contributed by atoms with E-state index in [4.69, 9.17) is 0 Å². The van der Waals surface area contributed by atoms with Gasteiger partial charge in [-0.15, -0.1) is 0 Å². The molecule has 0 radical (unpaired) electrons. The van der Waals surface area contributed by atoms with Crippen molar-refractivity contribution in [3.63, 3.8) is 0 Å². The summed E-state index contributed by atoms with van der Waals surface area (Å²) in [5.41, 5.74) is 0.849. The SMILES string of the molecule is CCCCCNCCSC.CSCCNCCC(=O)c1ccsc1. The van der Waals surface area contributed by atoms with Gasteiger partial charge in [0.05, 0.1) is 0 Å². The smallest absolute Gasteiger partial charge is 0.164 e. The predicted molar refractivity (Wildman–Crippen MR) is 115 cm³/mol. The number of thioether (sulfide) groups is 2. The van der Waals surface area contributed by atoms with Crippen LogP contribution in [0.25, 0.3) is 0 Å². The van der Waals surface area contributed by atoms with Crippen molar-refractivity contribution in [3.05, 3.63) is 22.4 Å². The van der Waals surface area contributed by atoms with Crippen LogP contribution in [0, 0.1) is 0 Å². The fourth-order valence-corrected chi connectivity index (χ4v) is 3.23. The Hall–Kier alpha value is -0.0100. The molecule has 1 aromatic heterocycles. The maximum Gasteiger partial charge on any atom is 0.164 e. The lowest BCUT2D eigenvalue weighted by Crippen LogP contribution is -2.20. The lowest BCUT2D eigenvalue weighted by Gasteiger charge is -2.01. The summed E-state index contributed by atoms with van der Waals surface area (Å²) in [5.74, 6) is 2.58. The Morgan fingerprint density at radius 1 is 1.04 bits per heavy atom. The highest BCUT2D eigenvalue weighted by Crippen LogP contribution is 2.08. The second kappa shape index (κ2) is 19.3.